The fourth-order valence-corrected chi connectivity index (χ4v) is 4.09. The first-order valence-electron chi connectivity index (χ1n) is 10.1. The van der Waals surface area contributed by atoms with E-state index >= 15 is 0 Å². The van der Waals surface area contributed by atoms with Gasteiger partial charge in [0.25, 0.3) is 5.91 Å². The number of nitrogens with one attached hydrogen (secondary N) is 2. The average Bonchev–Trinajstić information content (AvgIpc) is 3.24. The monoisotopic (exact) mass is 393 g/mol. The summed E-state index contributed by atoms with van der Waals surface area (Å²) in [6.45, 7) is 6.23. The van der Waals surface area contributed by atoms with E-state index in [-0.39, 0.29) is 23.9 Å². The molecule has 1 aromatic carbocycles. The van der Waals surface area contributed by atoms with Gasteiger partial charge in [-0.15, -0.1) is 0 Å². The summed E-state index contributed by atoms with van der Waals surface area (Å²) in [5.41, 5.74) is 10.3. The van der Waals surface area contributed by atoms with Gasteiger partial charge in [-0.05, 0) is 43.5 Å². The van der Waals surface area contributed by atoms with E-state index in [0.717, 1.165) is 22.3 Å². The smallest absolute Gasteiger partial charge is 0.254 e. The van der Waals surface area contributed by atoms with Crippen molar-refractivity contribution in [2.24, 2.45) is 0 Å². The van der Waals surface area contributed by atoms with Crippen LogP contribution in [0.3, 0.4) is 0 Å². The van der Waals surface area contributed by atoms with Gasteiger partial charge in [0.2, 0.25) is 5.91 Å². The number of rotatable bonds is 3. The molecule has 2 N–H and O–H groups in total. The predicted molar refractivity (Wildman–Crippen MR) is 110 cm³/mol. The molecule has 0 bridgehead atoms. The van der Waals surface area contributed by atoms with E-state index in [1.807, 2.05) is 60.2 Å². The third-order valence-corrected chi connectivity index (χ3v) is 5.78. The van der Waals surface area contributed by atoms with Crippen molar-refractivity contribution in [3.8, 4) is 0 Å². The third-order valence-electron chi connectivity index (χ3n) is 5.78. The van der Waals surface area contributed by atoms with Crippen molar-refractivity contribution in [2.45, 2.75) is 32.4 Å². The summed E-state index contributed by atoms with van der Waals surface area (Å²) in [4.78, 5) is 33.6. The van der Waals surface area contributed by atoms with Gasteiger partial charge in [0.1, 0.15) is 6.04 Å². The van der Waals surface area contributed by atoms with Crippen LogP contribution in [0.5, 0.6) is 0 Å². The second-order valence-corrected chi connectivity index (χ2v) is 7.85. The molecule has 0 saturated carbocycles. The maximum Gasteiger partial charge on any atom is 0.254 e. The molecule has 2 atom stereocenters. The quantitative estimate of drug-likeness (QED) is 0.828. The lowest BCUT2D eigenvalue weighted by Gasteiger charge is -2.36. The number of hydrazine groups is 1. The third kappa shape index (κ3) is 4.16. The largest absolute Gasteiger partial charge is 0.338 e. The lowest BCUT2D eigenvalue weighted by molar-refractivity contribution is -0.134. The number of benzene rings is 1. The van der Waals surface area contributed by atoms with Crippen LogP contribution in [0.25, 0.3) is 0 Å². The molecule has 7 nitrogen and oxygen atoms in total. The summed E-state index contributed by atoms with van der Waals surface area (Å²) >= 11 is 0. The number of carbonyl (C=O) groups is 2. The van der Waals surface area contributed by atoms with Gasteiger partial charge in [-0.25, -0.2) is 10.9 Å². The summed E-state index contributed by atoms with van der Waals surface area (Å²) in [6, 6.07) is 9.63. The standard InChI is InChI=1S/C22H27N5O2/c1-15-5-6-18(16(2)12-15)21(28)26-8-10-27(11-9-26)22(29)20-13-19(24-25-20)17-4-3-7-23-14-17/h3-7,12,14,19-20,24-25H,8-11,13H2,1-2H3. The fourth-order valence-electron chi connectivity index (χ4n) is 4.09. The highest BCUT2D eigenvalue weighted by atomic mass is 16.2. The van der Waals surface area contributed by atoms with Crippen LogP contribution < -0.4 is 10.9 Å². The zero-order chi connectivity index (χ0) is 20.4. The molecule has 2 amide bonds. The van der Waals surface area contributed by atoms with Crippen molar-refractivity contribution in [3.63, 3.8) is 0 Å². The average molecular weight is 393 g/mol. The molecule has 2 aliphatic rings. The summed E-state index contributed by atoms with van der Waals surface area (Å²) in [5, 5.41) is 0. The van der Waals surface area contributed by atoms with Crippen LogP contribution in [-0.4, -0.2) is 58.8 Å². The Morgan fingerprint density at radius 1 is 1.03 bits per heavy atom. The molecule has 2 aromatic rings. The molecule has 2 fully saturated rings. The number of hydrogen-bond donors (Lipinski definition) is 2. The Morgan fingerprint density at radius 2 is 1.79 bits per heavy atom. The van der Waals surface area contributed by atoms with E-state index in [4.69, 9.17) is 0 Å². The van der Waals surface area contributed by atoms with Gasteiger partial charge < -0.3 is 9.80 Å². The van der Waals surface area contributed by atoms with Gasteiger partial charge in [0, 0.05) is 50.2 Å². The number of nitrogens with zero attached hydrogens (tertiary/aromatic N) is 3. The second-order valence-electron chi connectivity index (χ2n) is 7.85. The van der Waals surface area contributed by atoms with Crippen LogP contribution >= 0.6 is 0 Å². The molecular formula is C22H27N5O2. The normalized spacial score (nSPS) is 22.0. The van der Waals surface area contributed by atoms with E-state index in [1.165, 1.54) is 0 Å². The Morgan fingerprint density at radius 3 is 2.48 bits per heavy atom. The van der Waals surface area contributed by atoms with Crippen LogP contribution in [0.2, 0.25) is 0 Å². The molecule has 1 aromatic heterocycles. The Hall–Kier alpha value is -2.77. The lowest BCUT2D eigenvalue weighted by atomic mass is 10.0. The van der Waals surface area contributed by atoms with Gasteiger partial charge >= 0.3 is 0 Å². The molecule has 29 heavy (non-hydrogen) atoms. The van der Waals surface area contributed by atoms with Crippen LogP contribution in [-0.2, 0) is 4.79 Å². The van der Waals surface area contributed by atoms with E-state index in [2.05, 4.69) is 15.8 Å². The van der Waals surface area contributed by atoms with E-state index in [1.54, 1.807) is 6.20 Å². The maximum atomic E-state index is 12.9. The second kappa shape index (κ2) is 8.31. The van der Waals surface area contributed by atoms with Gasteiger partial charge in [-0.1, -0.05) is 23.8 Å². The molecule has 152 valence electrons. The highest BCUT2D eigenvalue weighted by molar-refractivity contribution is 5.96. The number of aryl methyl sites for hydroxylation is 2. The lowest BCUT2D eigenvalue weighted by Crippen LogP contribution is -2.54. The van der Waals surface area contributed by atoms with Crippen LogP contribution in [0.1, 0.15) is 39.5 Å². The molecule has 4 rings (SSSR count). The maximum absolute atomic E-state index is 12.9. The molecule has 2 unspecified atom stereocenters. The summed E-state index contributed by atoms with van der Waals surface area (Å²) in [6.07, 6.45) is 4.25. The molecule has 3 heterocycles. The SMILES string of the molecule is Cc1ccc(C(=O)N2CCN(C(=O)C3CC(c4cccnc4)NN3)CC2)c(C)c1. The van der Waals surface area contributed by atoms with Crippen molar-refractivity contribution < 1.29 is 9.59 Å². The van der Waals surface area contributed by atoms with E-state index in [0.29, 0.717) is 32.6 Å². The van der Waals surface area contributed by atoms with Crippen molar-refractivity contribution in [1.82, 2.24) is 25.6 Å². The summed E-state index contributed by atoms with van der Waals surface area (Å²) in [7, 11) is 0. The summed E-state index contributed by atoms with van der Waals surface area (Å²) < 4.78 is 0. The number of pyridine rings is 1. The number of aromatic nitrogens is 1. The summed E-state index contributed by atoms with van der Waals surface area (Å²) in [5.74, 6) is 0.134. The van der Waals surface area contributed by atoms with Crippen LogP contribution in [0.15, 0.2) is 42.7 Å². The van der Waals surface area contributed by atoms with Crippen molar-refractivity contribution >= 4 is 11.8 Å². The van der Waals surface area contributed by atoms with Crippen LogP contribution in [0.4, 0.5) is 0 Å². The first kappa shape index (κ1) is 19.5. The number of carbonyl (C=O) groups excluding carboxylic acids is 2. The predicted octanol–water partition coefficient (Wildman–Crippen LogP) is 1.59. The number of hydrogen-bond acceptors (Lipinski definition) is 5. The zero-order valence-electron chi connectivity index (χ0n) is 16.9. The minimum absolute atomic E-state index is 0.0481. The zero-order valence-corrected chi connectivity index (χ0v) is 16.9. The first-order valence-corrected chi connectivity index (χ1v) is 10.1. The van der Waals surface area contributed by atoms with Crippen molar-refractivity contribution in [1.29, 1.82) is 0 Å². The van der Waals surface area contributed by atoms with Crippen molar-refractivity contribution in [3.05, 3.63) is 65.0 Å². The van der Waals surface area contributed by atoms with Gasteiger partial charge in [0.15, 0.2) is 0 Å². The molecular weight excluding hydrogens is 366 g/mol. The molecule has 0 aliphatic carbocycles. The van der Waals surface area contributed by atoms with Gasteiger partial charge in [-0.3, -0.25) is 14.6 Å². The van der Waals surface area contributed by atoms with Gasteiger partial charge in [0.05, 0.1) is 0 Å². The minimum atomic E-state index is -0.262. The highest BCUT2D eigenvalue weighted by Crippen LogP contribution is 2.23. The topological polar surface area (TPSA) is 77.6 Å². The Balaban J connectivity index is 1.32. The fraction of sp³-hybridized carbons (Fsp3) is 0.409. The van der Waals surface area contributed by atoms with Gasteiger partial charge in [-0.2, -0.15) is 0 Å². The minimum Gasteiger partial charge on any atom is -0.338 e. The number of piperazine rings is 1. The first-order chi connectivity index (χ1) is 14.0. The molecule has 2 aliphatic heterocycles. The molecule has 7 heteroatoms. The van der Waals surface area contributed by atoms with Crippen molar-refractivity contribution in [2.75, 3.05) is 26.2 Å². The molecule has 0 spiro atoms. The molecule has 0 radical (unpaired) electrons. The van der Waals surface area contributed by atoms with E-state index in [9.17, 15) is 9.59 Å². The Bertz CT molecular complexity index is 893. The highest BCUT2D eigenvalue weighted by Gasteiger charge is 2.34. The Kier molecular flexibility index (Phi) is 5.60. The molecule has 2 saturated heterocycles. The number of amides is 2. The van der Waals surface area contributed by atoms with Crippen LogP contribution in [0, 0.1) is 13.8 Å². The van der Waals surface area contributed by atoms with E-state index < -0.39 is 0 Å². The Labute approximate surface area is 171 Å².